The van der Waals surface area contributed by atoms with Crippen LogP contribution >= 0.6 is 0 Å². The van der Waals surface area contributed by atoms with Crippen LogP contribution in [0.2, 0.25) is 0 Å². The Bertz CT molecular complexity index is 338. The van der Waals surface area contributed by atoms with E-state index >= 15 is 0 Å². The number of aliphatic hydroxyl groups is 1. The molecule has 0 radical (unpaired) electrons. The third kappa shape index (κ3) is 4.03. The number of rotatable bonds is 5. The summed E-state index contributed by atoms with van der Waals surface area (Å²) in [5.74, 6) is -0.287. The zero-order valence-electron chi connectivity index (χ0n) is 9.82. The van der Waals surface area contributed by atoms with Gasteiger partial charge in [-0.25, -0.2) is 4.79 Å². The molecule has 0 fully saturated rings. The fraction of sp³-hybridized carbons (Fsp3) is 0.462. The van der Waals surface area contributed by atoms with Crippen molar-refractivity contribution in [3.63, 3.8) is 0 Å². The van der Waals surface area contributed by atoms with Gasteiger partial charge in [-0.1, -0.05) is 17.2 Å². The summed E-state index contributed by atoms with van der Waals surface area (Å²) in [7, 11) is 0. The largest absolute Gasteiger partial charge is 0.462 e. The van der Waals surface area contributed by atoms with E-state index in [2.05, 4.69) is 0 Å². The highest BCUT2D eigenvalue weighted by Gasteiger charge is 2.07. The molecular weight excluding hydrogens is 204 g/mol. The number of hydrogen-bond donors (Lipinski definition) is 1. The van der Waals surface area contributed by atoms with E-state index in [0.29, 0.717) is 25.0 Å². The summed E-state index contributed by atoms with van der Waals surface area (Å²) in [5, 5.41) is 8.58. The number of esters is 1. The van der Waals surface area contributed by atoms with Crippen LogP contribution in [-0.4, -0.2) is 24.3 Å². The van der Waals surface area contributed by atoms with E-state index in [1.807, 2.05) is 32.0 Å². The van der Waals surface area contributed by atoms with Crippen molar-refractivity contribution in [1.82, 2.24) is 0 Å². The molecular formula is C13H18O3. The minimum Gasteiger partial charge on any atom is -0.462 e. The molecule has 0 aliphatic carbocycles. The second-order valence-corrected chi connectivity index (χ2v) is 3.94. The normalized spacial score (nSPS) is 10.2. The van der Waals surface area contributed by atoms with Gasteiger partial charge in [0.2, 0.25) is 0 Å². The van der Waals surface area contributed by atoms with E-state index in [-0.39, 0.29) is 12.6 Å². The average Bonchev–Trinajstić information content (AvgIpc) is 2.22. The first-order valence-corrected chi connectivity index (χ1v) is 5.50. The molecule has 3 nitrogen and oxygen atoms in total. The van der Waals surface area contributed by atoms with Crippen molar-refractivity contribution in [2.45, 2.75) is 26.7 Å². The zero-order valence-corrected chi connectivity index (χ0v) is 9.82. The second kappa shape index (κ2) is 6.28. The van der Waals surface area contributed by atoms with E-state index < -0.39 is 0 Å². The smallest absolute Gasteiger partial charge is 0.338 e. The van der Waals surface area contributed by atoms with Crippen molar-refractivity contribution < 1.29 is 14.6 Å². The molecule has 0 aromatic heterocycles. The Labute approximate surface area is 96.1 Å². The predicted octanol–water partition coefficient (Wildman–Crippen LogP) is 2.23. The summed E-state index contributed by atoms with van der Waals surface area (Å²) >= 11 is 0. The van der Waals surface area contributed by atoms with Crippen molar-refractivity contribution in [2.75, 3.05) is 13.2 Å². The van der Waals surface area contributed by atoms with Crippen molar-refractivity contribution >= 4 is 5.97 Å². The van der Waals surface area contributed by atoms with Gasteiger partial charge in [0, 0.05) is 6.61 Å². The van der Waals surface area contributed by atoms with Crippen LogP contribution in [0.25, 0.3) is 0 Å². The van der Waals surface area contributed by atoms with Crippen LogP contribution in [0.5, 0.6) is 0 Å². The summed E-state index contributed by atoms with van der Waals surface area (Å²) in [5.41, 5.74) is 2.71. The van der Waals surface area contributed by atoms with E-state index in [9.17, 15) is 4.79 Å². The molecule has 0 atom stereocenters. The van der Waals surface area contributed by atoms with Gasteiger partial charge in [0.15, 0.2) is 0 Å². The minimum absolute atomic E-state index is 0.140. The van der Waals surface area contributed by atoms with Gasteiger partial charge in [-0.3, -0.25) is 0 Å². The van der Waals surface area contributed by atoms with Crippen molar-refractivity contribution in [3.05, 3.63) is 34.9 Å². The molecule has 0 aliphatic rings. The molecule has 1 aromatic carbocycles. The number of carbonyl (C=O) groups excluding carboxylic acids is 1. The van der Waals surface area contributed by atoms with Gasteiger partial charge in [-0.05, 0) is 38.8 Å². The fourth-order valence-electron chi connectivity index (χ4n) is 1.55. The lowest BCUT2D eigenvalue weighted by Crippen LogP contribution is -2.07. The van der Waals surface area contributed by atoms with E-state index in [0.717, 1.165) is 11.1 Å². The quantitative estimate of drug-likeness (QED) is 0.614. The van der Waals surface area contributed by atoms with E-state index in [1.54, 1.807) is 0 Å². The maximum atomic E-state index is 11.6. The lowest BCUT2D eigenvalue weighted by atomic mass is 10.1. The van der Waals surface area contributed by atoms with Crippen LogP contribution in [0, 0.1) is 13.8 Å². The van der Waals surface area contributed by atoms with E-state index in [4.69, 9.17) is 9.84 Å². The van der Waals surface area contributed by atoms with Gasteiger partial charge in [-0.2, -0.15) is 0 Å². The summed E-state index contributed by atoms with van der Waals surface area (Å²) in [6.07, 6.45) is 1.37. The Morgan fingerprint density at radius 1 is 1.19 bits per heavy atom. The molecule has 0 aliphatic heterocycles. The summed E-state index contributed by atoms with van der Waals surface area (Å²) < 4.78 is 5.09. The Hall–Kier alpha value is -1.35. The summed E-state index contributed by atoms with van der Waals surface area (Å²) in [6.45, 7) is 4.42. The Morgan fingerprint density at radius 2 is 1.81 bits per heavy atom. The maximum Gasteiger partial charge on any atom is 0.338 e. The molecule has 16 heavy (non-hydrogen) atoms. The maximum absolute atomic E-state index is 11.6. The van der Waals surface area contributed by atoms with E-state index in [1.165, 1.54) is 0 Å². The van der Waals surface area contributed by atoms with Crippen molar-refractivity contribution in [3.8, 4) is 0 Å². The number of ether oxygens (including phenoxy) is 1. The SMILES string of the molecule is Cc1cc(C)cc(C(=O)OCCCCO)c1. The van der Waals surface area contributed by atoms with Crippen LogP contribution in [0.3, 0.4) is 0 Å². The van der Waals surface area contributed by atoms with Gasteiger partial charge in [0.05, 0.1) is 12.2 Å². The lowest BCUT2D eigenvalue weighted by molar-refractivity contribution is 0.0492. The molecule has 1 rings (SSSR count). The number of aliphatic hydroxyl groups excluding tert-OH is 1. The zero-order chi connectivity index (χ0) is 12.0. The average molecular weight is 222 g/mol. The summed E-state index contributed by atoms with van der Waals surface area (Å²) in [6, 6.07) is 5.66. The molecule has 0 amide bonds. The molecule has 0 unspecified atom stereocenters. The van der Waals surface area contributed by atoms with Crippen LogP contribution in [0.1, 0.15) is 34.3 Å². The van der Waals surface area contributed by atoms with Crippen molar-refractivity contribution in [2.24, 2.45) is 0 Å². The highest BCUT2D eigenvalue weighted by Crippen LogP contribution is 2.10. The van der Waals surface area contributed by atoms with Crippen LogP contribution in [-0.2, 0) is 4.74 Å². The Morgan fingerprint density at radius 3 is 2.38 bits per heavy atom. The van der Waals surface area contributed by atoms with Gasteiger partial charge < -0.3 is 9.84 Å². The number of aryl methyl sites for hydroxylation is 2. The molecule has 1 N–H and O–H groups in total. The van der Waals surface area contributed by atoms with Gasteiger partial charge in [0.1, 0.15) is 0 Å². The number of unbranched alkanes of at least 4 members (excludes halogenated alkanes) is 1. The highest BCUT2D eigenvalue weighted by atomic mass is 16.5. The molecule has 88 valence electrons. The summed E-state index contributed by atoms with van der Waals surface area (Å²) in [4.78, 5) is 11.6. The molecule has 0 heterocycles. The lowest BCUT2D eigenvalue weighted by Gasteiger charge is -2.06. The first kappa shape index (κ1) is 12.7. The monoisotopic (exact) mass is 222 g/mol. The molecule has 0 saturated heterocycles. The van der Waals surface area contributed by atoms with Gasteiger partial charge in [-0.15, -0.1) is 0 Å². The topological polar surface area (TPSA) is 46.5 Å². The highest BCUT2D eigenvalue weighted by molar-refractivity contribution is 5.89. The standard InChI is InChI=1S/C13H18O3/c1-10-7-11(2)9-12(8-10)13(15)16-6-4-3-5-14/h7-9,14H,3-6H2,1-2H3. The van der Waals surface area contributed by atoms with Crippen LogP contribution in [0.15, 0.2) is 18.2 Å². The number of hydrogen-bond acceptors (Lipinski definition) is 3. The third-order valence-electron chi connectivity index (χ3n) is 2.24. The fourth-order valence-corrected chi connectivity index (χ4v) is 1.55. The predicted molar refractivity (Wildman–Crippen MR) is 62.5 cm³/mol. The van der Waals surface area contributed by atoms with Gasteiger partial charge in [0.25, 0.3) is 0 Å². The van der Waals surface area contributed by atoms with Gasteiger partial charge >= 0.3 is 5.97 Å². The third-order valence-corrected chi connectivity index (χ3v) is 2.24. The van der Waals surface area contributed by atoms with Crippen LogP contribution in [0.4, 0.5) is 0 Å². The first-order chi connectivity index (χ1) is 7.63. The Kier molecular flexibility index (Phi) is 4.99. The number of benzene rings is 1. The first-order valence-electron chi connectivity index (χ1n) is 5.50. The molecule has 3 heteroatoms. The molecule has 0 bridgehead atoms. The Balaban J connectivity index is 2.52. The second-order valence-electron chi connectivity index (χ2n) is 3.94. The van der Waals surface area contributed by atoms with Crippen molar-refractivity contribution in [1.29, 1.82) is 0 Å². The van der Waals surface area contributed by atoms with Crippen LogP contribution < -0.4 is 0 Å². The minimum atomic E-state index is -0.287. The molecule has 0 saturated carbocycles. The molecule has 0 spiro atoms. The molecule has 1 aromatic rings. The number of carbonyl (C=O) groups is 1.